The average molecular weight is 265 g/mol. The van der Waals surface area contributed by atoms with E-state index < -0.39 is 5.41 Å². The Morgan fingerprint density at radius 3 is 2.65 bits per heavy atom. The Hall–Kier alpha value is -2.41. The molecular formula is C16H15N3O. The number of hydrogen-bond acceptors (Lipinski definition) is 4. The van der Waals surface area contributed by atoms with Crippen molar-refractivity contribution in [3.8, 4) is 23.1 Å². The van der Waals surface area contributed by atoms with Crippen LogP contribution in [0.25, 0.3) is 11.3 Å². The van der Waals surface area contributed by atoms with Crippen LogP contribution >= 0.6 is 0 Å². The third kappa shape index (κ3) is 2.01. The van der Waals surface area contributed by atoms with Crippen molar-refractivity contribution in [2.45, 2.75) is 25.2 Å². The standard InChI is InChI=1S/C16H15N3O/c1-11-9-13(12-5-3-4-6-14(12)20-2)19-15(18-11)16(10-17)7-8-16/h3-6,9H,7-8H2,1-2H3. The maximum absolute atomic E-state index is 9.31. The first-order valence-electron chi connectivity index (χ1n) is 6.59. The van der Waals surface area contributed by atoms with Gasteiger partial charge in [-0.1, -0.05) is 12.1 Å². The lowest BCUT2D eigenvalue weighted by Gasteiger charge is -2.11. The summed E-state index contributed by atoms with van der Waals surface area (Å²) >= 11 is 0. The Kier molecular flexibility index (Phi) is 2.90. The second-order valence-corrected chi connectivity index (χ2v) is 5.11. The van der Waals surface area contributed by atoms with Crippen LogP contribution in [0.5, 0.6) is 5.75 Å². The van der Waals surface area contributed by atoms with Gasteiger partial charge in [-0.3, -0.25) is 0 Å². The van der Waals surface area contributed by atoms with Gasteiger partial charge in [-0.15, -0.1) is 0 Å². The molecule has 0 unspecified atom stereocenters. The highest BCUT2D eigenvalue weighted by Gasteiger charge is 2.48. The summed E-state index contributed by atoms with van der Waals surface area (Å²) in [7, 11) is 1.64. The number of nitrogens with zero attached hydrogens (tertiary/aromatic N) is 3. The summed E-state index contributed by atoms with van der Waals surface area (Å²) in [4.78, 5) is 9.05. The number of nitriles is 1. The Labute approximate surface area is 118 Å². The maximum Gasteiger partial charge on any atom is 0.149 e. The molecule has 0 N–H and O–H groups in total. The van der Waals surface area contributed by atoms with Crippen LogP contribution in [0.4, 0.5) is 0 Å². The van der Waals surface area contributed by atoms with Gasteiger partial charge in [0.25, 0.3) is 0 Å². The van der Waals surface area contributed by atoms with Crippen molar-refractivity contribution >= 4 is 0 Å². The van der Waals surface area contributed by atoms with E-state index in [1.54, 1.807) is 7.11 Å². The molecule has 1 aliphatic carbocycles. The van der Waals surface area contributed by atoms with E-state index in [2.05, 4.69) is 16.0 Å². The SMILES string of the molecule is COc1ccccc1-c1cc(C)nc(C2(C#N)CC2)n1. The number of benzene rings is 1. The molecule has 3 rings (SSSR count). The number of hydrogen-bond donors (Lipinski definition) is 0. The molecule has 2 aromatic rings. The van der Waals surface area contributed by atoms with Crippen molar-refractivity contribution in [2.75, 3.05) is 7.11 Å². The number of aromatic nitrogens is 2. The highest BCUT2D eigenvalue weighted by Crippen LogP contribution is 2.46. The van der Waals surface area contributed by atoms with Crippen molar-refractivity contribution in [3.63, 3.8) is 0 Å². The third-order valence-corrected chi connectivity index (χ3v) is 3.63. The number of aryl methyl sites for hydroxylation is 1. The van der Waals surface area contributed by atoms with E-state index in [0.717, 1.165) is 35.5 Å². The van der Waals surface area contributed by atoms with Gasteiger partial charge < -0.3 is 4.74 Å². The summed E-state index contributed by atoms with van der Waals surface area (Å²) in [5.41, 5.74) is 2.14. The topological polar surface area (TPSA) is 58.8 Å². The summed E-state index contributed by atoms with van der Waals surface area (Å²) in [6.45, 7) is 1.93. The number of methoxy groups -OCH3 is 1. The van der Waals surface area contributed by atoms with Gasteiger partial charge in [0.1, 0.15) is 17.0 Å². The summed E-state index contributed by atoms with van der Waals surface area (Å²) in [6, 6.07) is 12.0. The lowest BCUT2D eigenvalue weighted by Crippen LogP contribution is -2.10. The zero-order valence-corrected chi connectivity index (χ0v) is 11.6. The summed E-state index contributed by atoms with van der Waals surface area (Å²) in [5, 5.41) is 9.31. The molecule has 0 spiro atoms. The molecule has 0 bridgehead atoms. The molecular weight excluding hydrogens is 250 g/mol. The predicted octanol–water partition coefficient (Wildman–Crippen LogP) is 3.02. The van der Waals surface area contributed by atoms with Crippen LogP contribution in [-0.2, 0) is 5.41 Å². The van der Waals surface area contributed by atoms with Gasteiger partial charge in [0.15, 0.2) is 0 Å². The summed E-state index contributed by atoms with van der Waals surface area (Å²) in [6.07, 6.45) is 1.69. The van der Waals surface area contributed by atoms with Crippen LogP contribution in [0.1, 0.15) is 24.4 Å². The highest BCUT2D eigenvalue weighted by molar-refractivity contribution is 5.67. The quantitative estimate of drug-likeness (QED) is 0.856. The minimum absolute atomic E-state index is 0.469. The van der Waals surface area contributed by atoms with Crippen molar-refractivity contribution in [3.05, 3.63) is 41.9 Å². The zero-order valence-electron chi connectivity index (χ0n) is 11.6. The zero-order chi connectivity index (χ0) is 14.2. The predicted molar refractivity (Wildman–Crippen MR) is 75.3 cm³/mol. The van der Waals surface area contributed by atoms with Gasteiger partial charge in [0.2, 0.25) is 0 Å². The summed E-state index contributed by atoms with van der Waals surface area (Å²) < 4.78 is 5.38. The molecule has 0 saturated heterocycles. The molecule has 1 aliphatic rings. The smallest absolute Gasteiger partial charge is 0.149 e. The van der Waals surface area contributed by atoms with E-state index in [1.807, 2.05) is 37.3 Å². The van der Waals surface area contributed by atoms with Crippen LogP contribution in [0.2, 0.25) is 0 Å². The van der Waals surface area contributed by atoms with E-state index in [-0.39, 0.29) is 0 Å². The number of para-hydroxylation sites is 1. The molecule has 1 fully saturated rings. The molecule has 1 aromatic carbocycles. The molecule has 4 nitrogen and oxygen atoms in total. The second-order valence-electron chi connectivity index (χ2n) is 5.11. The first-order chi connectivity index (χ1) is 9.68. The molecule has 0 radical (unpaired) electrons. The Balaban J connectivity index is 2.13. The van der Waals surface area contributed by atoms with E-state index >= 15 is 0 Å². The van der Waals surface area contributed by atoms with Gasteiger partial charge in [-0.25, -0.2) is 9.97 Å². The van der Waals surface area contributed by atoms with Crippen LogP contribution in [0, 0.1) is 18.3 Å². The molecule has 0 atom stereocenters. The van der Waals surface area contributed by atoms with Gasteiger partial charge >= 0.3 is 0 Å². The second kappa shape index (κ2) is 4.61. The van der Waals surface area contributed by atoms with Crippen molar-refractivity contribution in [1.82, 2.24) is 9.97 Å². The molecule has 1 heterocycles. The van der Waals surface area contributed by atoms with E-state index in [0.29, 0.717) is 5.82 Å². The molecule has 20 heavy (non-hydrogen) atoms. The van der Waals surface area contributed by atoms with Crippen molar-refractivity contribution < 1.29 is 4.74 Å². The Bertz CT molecular complexity index is 699. The number of ether oxygens (including phenoxy) is 1. The maximum atomic E-state index is 9.31. The highest BCUT2D eigenvalue weighted by atomic mass is 16.5. The van der Waals surface area contributed by atoms with E-state index in [1.165, 1.54) is 0 Å². The Morgan fingerprint density at radius 2 is 2.00 bits per heavy atom. The lowest BCUT2D eigenvalue weighted by molar-refractivity contribution is 0.416. The van der Waals surface area contributed by atoms with Crippen LogP contribution in [0.15, 0.2) is 30.3 Å². The van der Waals surface area contributed by atoms with Crippen molar-refractivity contribution in [2.24, 2.45) is 0 Å². The molecule has 0 aliphatic heterocycles. The number of rotatable bonds is 3. The van der Waals surface area contributed by atoms with Gasteiger partial charge in [0, 0.05) is 11.3 Å². The third-order valence-electron chi connectivity index (χ3n) is 3.63. The minimum Gasteiger partial charge on any atom is -0.496 e. The van der Waals surface area contributed by atoms with E-state index in [4.69, 9.17) is 4.74 Å². The van der Waals surface area contributed by atoms with E-state index in [9.17, 15) is 5.26 Å². The molecule has 1 saturated carbocycles. The summed E-state index contributed by atoms with van der Waals surface area (Å²) in [5.74, 6) is 1.42. The monoisotopic (exact) mass is 265 g/mol. The fourth-order valence-corrected chi connectivity index (χ4v) is 2.29. The fraction of sp³-hybridized carbons (Fsp3) is 0.312. The van der Waals surface area contributed by atoms with Gasteiger partial charge in [-0.2, -0.15) is 5.26 Å². The molecule has 0 amide bonds. The molecule has 1 aromatic heterocycles. The largest absolute Gasteiger partial charge is 0.496 e. The first kappa shape index (κ1) is 12.6. The first-order valence-corrected chi connectivity index (χ1v) is 6.59. The fourth-order valence-electron chi connectivity index (χ4n) is 2.29. The van der Waals surface area contributed by atoms with Gasteiger partial charge in [0.05, 0.1) is 18.9 Å². The Morgan fingerprint density at radius 1 is 1.25 bits per heavy atom. The molecule has 4 heteroatoms. The van der Waals surface area contributed by atoms with Crippen LogP contribution < -0.4 is 4.74 Å². The molecule has 100 valence electrons. The van der Waals surface area contributed by atoms with Crippen molar-refractivity contribution in [1.29, 1.82) is 5.26 Å². The lowest BCUT2D eigenvalue weighted by atomic mass is 10.1. The van der Waals surface area contributed by atoms with Crippen LogP contribution in [-0.4, -0.2) is 17.1 Å². The average Bonchev–Trinajstić information content (AvgIpc) is 3.27. The normalized spacial score (nSPS) is 15.4. The van der Waals surface area contributed by atoms with Crippen LogP contribution in [0.3, 0.4) is 0 Å². The minimum atomic E-state index is -0.469. The van der Waals surface area contributed by atoms with Gasteiger partial charge in [-0.05, 0) is 38.0 Å².